The second kappa shape index (κ2) is 8.58. The molecule has 4 rings (SSSR count). The first kappa shape index (κ1) is 21.2. The summed E-state index contributed by atoms with van der Waals surface area (Å²) in [5.74, 6) is -0.0147. The molecule has 2 fully saturated rings. The van der Waals surface area contributed by atoms with Gasteiger partial charge in [0.1, 0.15) is 12.1 Å². The van der Waals surface area contributed by atoms with Crippen LogP contribution in [0.3, 0.4) is 0 Å². The lowest BCUT2D eigenvalue weighted by molar-refractivity contribution is -0.141. The Hall–Kier alpha value is -2.08. The topological polar surface area (TPSA) is 43.9 Å². The van der Waals surface area contributed by atoms with Crippen LogP contribution in [0.15, 0.2) is 48.5 Å². The molecule has 30 heavy (non-hydrogen) atoms. The Bertz CT molecular complexity index is 932. The largest absolute Gasteiger partial charge is 0.339 e. The van der Waals surface area contributed by atoms with Crippen LogP contribution in [0.4, 0.5) is 0 Å². The quantitative estimate of drug-likeness (QED) is 0.723. The normalized spacial score (nSPS) is 24.9. The molecular formula is C23H25Cl2N3O2. The highest BCUT2D eigenvalue weighted by Crippen LogP contribution is 2.31. The molecule has 0 saturated carbocycles. The fourth-order valence-corrected chi connectivity index (χ4v) is 5.24. The molecule has 2 amide bonds. The number of carbonyl (C=O) groups is 2. The number of benzene rings is 2. The zero-order chi connectivity index (χ0) is 21.4. The van der Waals surface area contributed by atoms with Gasteiger partial charge in [-0.1, -0.05) is 53.5 Å². The van der Waals surface area contributed by atoms with Gasteiger partial charge in [0.05, 0.1) is 6.04 Å². The first-order chi connectivity index (χ1) is 14.3. The number of nitrogens with zero attached hydrogens (tertiary/aromatic N) is 3. The van der Waals surface area contributed by atoms with E-state index in [1.807, 2.05) is 49.5 Å². The molecule has 0 aromatic heterocycles. The second-order valence-electron chi connectivity index (χ2n) is 8.15. The smallest absolute Gasteiger partial charge is 0.245 e. The Labute approximate surface area is 187 Å². The van der Waals surface area contributed by atoms with Crippen LogP contribution >= 0.6 is 23.2 Å². The van der Waals surface area contributed by atoms with Gasteiger partial charge in [-0.3, -0.25) is 14.5 Å². The highest BCUT2D eigenvalue weighted by atomic mass is 35.5. The summed E-state index contributed by atoms with van der Waals surface area (Å²) >= 11 is 12.3. The number of hydrogen-bond donors (Lipinski definition) is 0. The Morgan fingerprint density at radius 3 is 2.23 bits per heavy atom. The molecular weight excluding hydrogens is 421 g/mol. The van der Waals surface area contributed by atoms with Crippen LogP contribution in [-0.4, -0.2) is 65.3 Å². The lowest BCUT2D eigenvalue weighted by atomic mass is 10.0. The standard InChI is InChI=1S/C23H25Cl2N3O2/c1-26-19-8-9-28(14-16-10-17(24)13-18(25)11-16)21(19)23(30)27(2)20(22(26)29)12-15-6-4-3-5-7-15/h3-7,10-11,13,19-21H,8-9,12,14H2,1-2H3/t19-,20+,21+/m1/s1. The number of fused-ring (bicyclic) bond motifs is 1. The van der Waals surface area contributed by atoms with E-state index in [9.17, 15) is 9.59 Å². The summed E-state index contributed by atoms with van der Waals surface area (Å²) in [7, 11) is 3.57. The predicted octanol–water partition coefficient (Wildman–Crippen LogP) is 3.48. The first-order valence-corrected chi connectivity index (χ1v) is 10.9. The van der Waals surface area contributed by atoms with Gasteiger partial charge in [0.15, 0.2) is 0 Å². The van der Waals surface area contributed by atoms with Gasteiger partial charge < -0.3 is 9.80 Å². The fraction of sp³-hybridized carbons (Fsp3) is 0.391. The monoisotopic (exact) mass is 445 g/mol. The van der Waals surface area contributed by atoms with Crippen molar-refractivity contribution in [3.05, 3.63) is 69.7 Å². The lowest BCUT2D eigenvalue weighted by Crippen LogP contribution is -2.50. The molecule has 0 N–H and O–H groups in total. The van der Waals surface area contributed by atoms with E-state index in [0.29, 0.717) is 23.0 Å². The summed E-state index contributed by atoms with van der Waals surface area (Å²) < 4.78 is 0. The summed E-state index contributed by atoms with van der Waals surface area (Å²) in [6.07, 6.45) is 1.27. The van der Waals surface area contributed by atoms with Gasteiger partial charge >= 0.3 is 0 Å². The third-order valence-electron chi connectivity index (χ3n) is 6.25. The van der Waals surface area contributed by atoms with Crippen LogP contribution in [0, 0.1) is 0 Å². The molecule has 2 aromatic rings. The van der Waals surface area contributed by atoms with E-state index in [2.05, 4.69) is 4.90 Å². The van der Waals surface area contributed by atoms with E-state index in [0.717, 1.165) is 24.1 Å². The van der Waals surface area contributed by atoms with E-state index in [4.69, 9.17) is 23.2 Å². The van der Waals surface area contributed by atoms with Crippen molar-refractivity contribution in [3.8, 4) is 0 Å². The second-order valence-corrected chi connectivity index (χ2v) is 9.03. The molecule has 2 aliphatic heterocycles. The number of carbonyl (C=O) groups excluding carboxylic acids is 2. The van der Waals surface area contributed by atoms with Crippen molar-refractivity contribution in [1.29, 1.82) is 0 Å². The third kappa shape index (κ3) is 4.07. The number of likely N-dealkylation sites (N-methyl/N-ethyl adjacent to an activating group) is 2. The van der Waals surface area contributed by atoms with E-state index in [-0.39, 0.29) is 23.9 Å². The average Bonchev–Trinajstić information content (AvgIpc) is 3.10. The van der Waals surface area contributed by atoms with Gasteiger partial charge in [-0.2, -0.15) is 0 Å². The molecule has 2 aromatic carbocycles. The summed E-state index contributed by atoms with van der Waals surface area (Å²) in [6.45, 7) is 1.30. The zero-order valence-electron chi connectivity index (χ0n) is 17.1. The van der Waals surface area contributed by atoms with Gasteiger partial charge in [-0.05, 0) is 35.7 Å². The molecule has 0 spiro atoms. The number of rotatable bonds is 4. The first-order valence-electron chi connectivity index (χ1n) is 10.1. The van der Waals surface area contributed by atoms with Crippen LogP contribution in [-0.2, 0) is 22.6 Å². The Balaban J connectivity index is 1.60. The van der Waals surface area contributed by atoms with Crippen molar-refractivity contribution >= 4 is 35.0 Å². The number of likely N-dealkylation sites (tertiary alicyclic amines) is 1. The van der Waals surface area contributed by atoms with Crippen molar-refractivity contribution in [3.63, 3.8) is 0 Å². The molecule has 0 radical (unpaired) electrons. The van der Waals surface area contributed by atoms with E-state index >= 15 is 0 Å². The van der Waals surface area contributed by atoms with Crippen LogP contribution < -0.4 is 0 Å². The van der Waals surface area contributed by atoms with E-state index < -0.39 is 6.04 Å². The fourth-order valence-electron chi connectivity index (χ4n) is 4.67. The van der Waals surface area contributed by atoms with Crippen molar-refractivity contribution in [2.75, 3.05) is 20.6 Å². The van der Waals surface area contributed by atoms with Gasteiger partial charge in [0.2, 0.25) is 11.8 Å². The summed E-state index contributed by atoms with van der Waals surface area (Å²) in [4.78, 5) is 32.3. The van der Waals surface area contributed by atoms with Crippen LogP contribution in [0.5, 0.6) is 0 Å². The van der Waals surface area contributed by atoms with Crippen LogP contribution in [0.2, 0.25) is 10.0 Å². The van der Waals surface area contributed by atoms with E-state index in [1.165, 1.54) is 0 Å². The molecule has 2 saturated heterocycles. The minimum atomic E-state index is -0.502. The Kier molecular flexibility index (Phi) is 6.05. The Morgan fingerprint density at radius 2 is 1.57 bits per heavy atom. The van der Waals surface area contributed by atoms with Gasteiger partial charge in [-0.15, -0.1) is 0 Å². The summed E-state index contributed by atoms with van der Waals surface area (Å²) in [5, 5.41) is 1.15. The number of amides is 2. The van der Waals surface area contributed by atoms with Crippen LogP contribution in [0.1, 0.15) is 17.5 Å². The number of halogens is 2. The van der Waals surface area contributed by atoms with Gasteiger partial charge in [0.25, 0.3) is 0 Å². The highest BCUT2D eigenvalue weighted by Gasteiger charge is 2.49. The molecule has 158 valence electrons. The van der Waals surface area contributed by atoms with Crippen molar-refractivity contribution in [1.82, 2.24) is 14.7 Å². The minimum absolute atomic E-state index is 0.00477. The maximum atomic E-state index is 13.5. The van der Waals surface area contributed by atoms with Crippen molar-refractivity contribution in [2.45, 2.75) is 37.5 Å². The summed E-state index contributed by atoms with van der Waals surface area (Å²) in [5.41, 5.74) is 2.00. The molecule has 7 heteroatoms. The van der Waals surface area contributed by atoms with Crippen molar-refractivity contribution < 1.29 is 9.59 Å². The lowest BCUT2D eigenvalue weighted by Gasteiger charge is -2.30. The maximum absolute atomic E-state index is 13.5. The van der Waals surface area contributed by atoms with E-state index in [1.54, 1.807) is 22.9 Å². The van der Waals surface area contributed by atoms with Crippen LogP contribution in [0.25, 0.3) is 0 Å². The van der Waals surface area contributed by atoms with Crippen molar-refractivity contribution in [2.24, 2.45) is 0 Å². The Morgan fingerprint density at radius 1 is 0.900 bits per heavy atom. The average molecular weight is 446 g/mol. The molecule has 3 atom stereocenters. The van der Waals surface area contributed by atoms with Gasteiger partial charge in [-0.25, -0.2) is 0 Å². The zero-order valence-corrected chi connectivity index (χ0v) is 18.6. The SMILES string of the molecule is CN1C(=O)[C@H](Cc2ccccc2)N(C)C(=O)[C@@H]2[C@H]1CCN2Cc1cc(Cl)cc(Cl)c1. The highest BCUT2D eigenvalue weighted by molar-refractivity contribution is 6.34. The van der Waals surface area contributed by atoms with Gasteiger partial charge in [0, 0.05) is 43.7 Å². The molecule has 0 bridgehead atoms. The molecule has 0 unspecified atom stereocenters. The minimum Gasteiger partial charge on any atom is -0.339 e. The number of hydrogen-bond acceptors (Lipinski definition) is 3. The maximum Gasteiger partial charge on any atom is 0.245 e. The predicted molar refractivity (Wildman–Crippen MR) is 119 cm³/mol. The molecule has 2 aliphatic rings. The summed E-state index contributed by atoms with van der Waals surface area (Å²) in [6, 6.07) is 14.3. The third-order valence-corrected chi connectivity index (χ3v) is 6.68. The molecule has 2 heterocycles. The molecule has 5 nitrogen and oxygen atoms in total. The molecule has 0 aliphatic carbocycles.